The third kappa shape index (κ3) is 1.68. The number of nitrogens with zero attached hydrogens (tertiary/aromatic N) is 2. The van der Waals surface area contributed by atoms with Gasteiger partial charge in [-0.2, -0.15) is 0 Å². The Bertz CT molecular complexity index is 345. The van der Waals surface area contributed by atoms with Crippen molar-refractivity contribution in [2.45, 2.75) is 25.8 Å². The number of hydrogen-bond donors (Lipinski definition) is 2. The van der Waals surface area contributed by atoms with E-state index >= 15 is 0 Å². The molecule has 1 aromatic rings. The second kappa shape index (κ2) is 3.28. The first-order chi connectivity index (χ1) is 6.68. The molecule has 6 heteroatoms. The van der Waals surface area contributed by atoms with E-state index in [1.807, 2.05) is 6.92 Å². The molecule has 0 saturated heterocycles. The van der Waals surface area contributed by atoms with Crippen molar-refractivity contribution in [2.75, 3.05) is 5.32 Å². The van der Waals surface area contributed by atoms with Crippen molar-refractivity contribution in [1.82, 2.24) is 10.2 Å². The Balaban J connectivity index is 2.07. The molecule has 1 aromatic heterocycles. The SMILES string of the molecule is CC(Nc1cn[nH]c1[N+](=O)[O-])C1CC1. The van der Waals surface area contributed by atoms with Crippen LogP contribution in [0.3, 0.4) is 0 Å². The van der Waals surface area contributed by atoms with Crippen molar-refractivity contribution in [3.8, 4) is 0 Å². The van der Waals surface area contributed by atoms with Crippen LogP contribution in [0.15, 0.2) is 6.20 Å². The van der Waals surface area contributed by atoms with E-state index in [4.69, 9.17) is 0 Å². The molecule has 0 radical (unpaired) electrons. The lowest BCUT2D eigenvalue weighted by Gasteiger charge is -2.11. The number of aromatic nitrogens is 2. The second-order valence-corrected chi connectivity index (χ2v) is 3.66. The van der Waals surface area contributed by atoms with Gasteiger partial charge in [-0.1, -0.05) is 5.10 Å². The number of anilines is 1. The van der Waals surface area contributed by atoms with Gasteiger partial charge in [0.05, 0.1) is 0 Å². The normalized spacial score (nSPS) is 17.8. The Labute approximate surface area is 80.9 Å². The number of rotatable bonds is 4. The minimum Gasteiger partial charge on any atom is -0.374 e. The molecule has 14 heavy (non-hydrogen) atoms. The predicted molar refractivity (Wildman–Crippen MR) is 51.1 cm³/mol. The molecule has 1 aliphatic carbocycles. The fourth-order valence-corrected chi connectivity index (χ4v) is 1.48. The minimum atomic E-state index is -0.463. The van der Waals surface area contributed by atoms with Crippen molar-refractivity contribution in [2.24, 2.45) is 5.92 Å². The highest BCUT2D eigenvalue weighted by atomic mass is 16.6. The summed E-state index contributed by atoms with van der Waals surface area (Å²) in [5.74, 6) is 0.599. The summed E-state index contributed by atoms with van der Waals surface area (Å²) >= 11 is 0. The average molecular weight is 196 g/mol. The van der Waals surface area contributed by atoms with Gasteiger partial charge in [0.25, 0.3) is 0 Å². The Morgan fingerprint density at radius 3 is 3.07 bits per heavy atom. The molecule has 0 bridgehead atoms. The lowest BCUT2D eigenvalue weighted by molar-refractivity contribution is -0.388. The molecule has 0 spiro atoms. The molecule has 0 aromatic carbocycles. The lowest BCUT2D eigenvalue weighted by atomic mass is 10.2. The van der Waals surface area contributed by atoms with Crippen LogP contribution in [0.5, 0.6) is 0 Å². The van der Waals surface area contributed by atoms with Crippen LogP contribution in [0.4, 0.5) is 11.5 Å². The highest BCUT2D eigenvalue weighted by molar-refractivity contribution is 5.56. The Morgan fingerprint density at radius 1 is 1.79 bits per heavy atom. The van der Waals surface area contributed by atoms with E-state index in [2.05, 4.69) is 15.5 Å². The van der Waals surface area contributed by atoms with E-state index in [1.54, 1.807) is 0 Å². The Hall–Kier alpha value is -1.59. The zero-order valence-corrected chi connectivity index (χ0v) is 7.86. The van der Waals surface area contributed by atoms with Gasteiger partial charge in [0, 0.05) is 6.04 Å². The third-order valence-corrected chi connectivity index (χ3v) is 2.51. The van der Waals surface area contributed by atoms with Gasteiger partial charge in [-0.3, -0.25) is 0 Å². The van der Waals surface area contributed by atoms with Crippen LogP contribution in [-0.4, -0.2) is 21.2 Å². The number of H-pyrrole nitrogens is 1. The molecule has 0 aliphatic heterocycles. The van der Waals surface area contributed by atoms with Gasteiger partial charge in [-0.15, -0.1) is 5.10 Å². The van der Waals surface area contributed by atoms with E-state index in [-0.39, 0.29) is 11.9 Å². The number of nitrogens with one attached hydrogen (secondary N) is 2. The van der Waals surface area contributed by atoms with Gasteiger partial charge >= 0.3 is 5.82 Å². The van der Waals surface area contributed by atoms with E-state index in [9.17, 15) is 10.1 Å². The number of hydrogen-bond acceptors (Lipinski definition) is 4. The molecule has 1 aliphatic rings. The van der Waals surface area contributed by atoms with Crippen LogP contribution in [0.2, 0.25) is 0 Å². The summed E-state index contributed by atoms with van der Waals surface area (Å²) in [7, 11) is 0. The molecular weight excluding hydrogens is 184 g/mol. The topological polar surface area (TPSA) is 83.8 Å². The zero-order valence-electron chi connectivity index (χ0n) is 7.86. The maximum atomic E-state index is 10.5. The summed E-state index contributed by atoms with van der Waals surface area (Å²) in [5, 5.41) is 19.6. The quantitative estimate of drug-likeness (QED) is 0.565. The number of aromatic amines is 1. The molecule has 1 saturated carbocycles. The van der Waals surface area contributed by atoms with Gasteiger partial charge < -0.3 is 15.4 Å². The van der Waals surface area contributed by atoms with Crippen LogP contribution in [0, 0.1) is 16.0 Å². The Kier molecular flexibility index (Phi) is 2.11. The first-order valence-corrected chi connectivity index (χ1v) is 4.63. The van der Waals surface area contributed by atoms with Gasteiger partial charge in [0.15, 0.2) is 5.69 Å². The smallest absolute Gasteiger partial charge is 0.366 e. The van der Waals surface area contributed by atoms with E-state index in [0.29, 0.717) is 11.6 Å². The zero-order chi connectivity index (χ0) is 10.1. The monoisotopic (exact) mass is 196 g/mol. The van der Waals surface area contributed by atoms with Crippen LogP contribution < -0.4 is 5.32 Å². The standard InChI is InChI=1S/C8H12N4O2/c1-5(6-2-3-6)10-7-4-9-11-8(7)12(13)14/h4-6,10H,2-3H2,1H3,(H,9,11). The molecule has 76 valence electrons. The second-order valence-electron chi connectivity index (χ2n) is 3.66. The van der Waals surface area contributed by atoms with Crippen LogP contribution in [0.25, 0.3) is 0 Å². The average Bonchev–Trinajstić information content (AvgIpc) is 2.87. The van der Waals surface area contributed by atoms with Crippen LogP contribution in [-0.2, 0) is 0 Å². The van der Waals surface area contributed by atoms with Gasteiger partial charge in [-0.25, -0.2) is 0 Å². The summed E-state index contributed by atoms with van der Waals surface area (Å²) in [6.45, 7) is 2.04. The van der Waals surface area contributed by atoms with E-state index < -0.39 is 4.92 Å². The molecule has 1 unspecified atom stereocenters. The first kappa shape index (κ1) is 8.98. The molecule has 1 atom stereocenters. The first-order valence-electron chi connectivity index (χ1n) is 4.63. The van der Waals surface area contributed by atoms with Crippen molar-refractivity contribution in [3.05, 3.63) is 16.3 Å². The molecule has 6 nitrogen and oxygen atoms in total. The maximum absolute atomic E-state index is 10.5. The molecule has 1 fully saturated rings. The molecule has 2 N–H and O–H groups in total. The molecule has 1 heterocycles. The largest absolute Gasteiger partial charge is 0.374 e. The number of nitro groups is 1. The minimum absolute atomic E-state index is 0.0579. The summed E-state index contributed by atoms with van der Waals surface area (Å²) in [6.07, 6.45) is 3.87. The summed E-state index contributed by atoms with van der Waals surface area (Å²) in [4.78, 5) is 10.1. The van der Waals surface area contributed by atoms with E-state index in [1.165, 1.54) is 19.0 Å². The summed E-state index contributed by atoms with van der Waals surface area (Å²) in [5.41, 5.74) is 0.481. The van der Waals surface area contributed by atoms with Gasteiger partial charge in [0.1, 0.15) is 6.20 Å². The predicted octanol–water partition coefficient (Wildman–Crippen LogP) is 1.53. The highest BCUT2D eigenvalue weighted by Crippen LogP contribution is 2.34. The fraction of sp³-hybridized carbons (Fsp3) is 0.625. The lowest BCUT2D eigenvalue weighted by Crippen LogP contribution is -2.17. The van der Waals surface area contributed by atoms with Crippen molar-refractivity contribution in [3.63, 3.8) is 0 Å². The van der Waals surface area contributed by atoms with Crippen molar-refractivity contribution < 1.29 is 4.92 Å². The van der Waals surface area contributed by atoms with Crippen LogP contribution in [0.1, 0.15) is 19.8 Å². The molecule has 2 rings (SSSR count). The van der Waals surface area contributed by atoms with Crippen LogP contribution >= 0.6 is 0 Å². The van der Waals surface area contributed by atoms with Crippen molar-refractivity contribution in [1.29, 1.82) is 0 Å². The summed E-state index contributed by atoms with van der Waals surface area (Å²) < 4.78 is 0. The van der Waals surface area contributed by atoms with Crippen molar-refractivity contribution >= 4 is 11.5 Å². The molecular formula is C8H12N4O2. The summed E-state index contributed by atoms with van der Waals surface area (Å²) in [6, 6.07) is 0.284. The van der Waals surface area contributed by atoms with Gasteiger partial charge in [0.2, 0.25) is 0 Å². The molecule has 0 amide bonds. The Morgan fingerprint density at radius 2 is 2.50 bits per heavy atom. The maximum Gasteiger partial charge on any atom is 0.366 e. The van der Waals surface area contributed by atoms with Gasteiger partial charge in [-0.05, 0) is 30.6 Å². The fourth-order valence-electron chi connectivity index (χ4n) is 1.48. The third-order valence-electron chi connectivity index (χ3n) is 2.51. The highest BCUT2D eigenvalue weighted by Gasteiger charge is 2.29. The van der Waals surface area contributed by atoms with E-state index in [0.717, 1.165) is 0 Å².